The van der Waals surface area contributed by atoms with Crippen molar-refractivity contribution < 1.29 is 9.53 Å². The van der Waals surface area contributed by atoms with Crippen molar-refractivity contribution in [2.45, 2.75) is 33.6 Å². The van der Waals surface area contributed by atoms with Crippen LogP contribution in [-0.4, -0.2) is 25.5 Å². The van der Waals surface area contributed by atoms with Crippen molar-refractivity contribution in [2.24, 2.45) is 0 Å². The molecule has 18 heavy (non-hydrogen) atoms. The normalized spacial score (nSPS) is 10.4. The lowest BCUT2D eigenvalue weighted by Crippen LogP contribution is -2.20. The monoisotopic (exact) mass is 249 g/mol. The second-order valence-corrected chi connectivity index (χ2v) is 4.48. The third-order valence-corrected chi connectivity index (χ3v) is 2.78. The smallest absolute Gasteiger partial charge is 0.131 e. The first kappa shape index (κ1) is 14.7. The summed E-state index contributed by atoms with van der Waals surface area (Å²) in [5, 5.41) is 3.27. The van der Waals surface area contributed by atoms with E-state index < -0.39 is 0 Å². The average Bonchev–Trinajstić information content (AvgIpc) is 2.32. The molecule has 0 atom stereocenters. The first-order valence-corrected chi connectivity index (χ1v) is 6.56. The van der Waals surface area contributed by atoms with E-state index in [1.807, 2.05) is 13.0 Å². The summed E-state index contributed by atoms with van der Waals surface area (Å²) < 4.78 is 5.51. The Kier molecular flexibility index (Phi) is 6.44. The van der Waals surface area contributed by atoms with Crippen LogP contribution in [-0.2, 0) is 11.2 Å². The van der Waals surface area contributed by atoms with Crippen molar-refractivity contribution in [1.82, 2.24) is 5.32 Å². The number of carbonyl (C=O) groups excluding carboxylic acids is 1. The summed E-state index contributed by atoms with van der Waals surface area (Å²) in [5.41, 5.74) is 2.48. The predicted octanol–water partition coefficient (Wildman–Crippen LogP) is 2.50. The van der Waals surface area contributed by atoms with Crippen molar-refractivity contribution in [2.75, 3.05) is 19.7 Å². The van der Waals surface area contributed by atoms with Crippen LogP contribution < -0.4 is 10.1 Å². The van der Waals surface area contributed by atoms with Crippen molar-refractivity contribution in [1.29, 1.82) is 0 Å². The molecule has 0 aromatic heterocycles. The first-order valence-electron chi connectivity index (χ1n) is 6.56. The van der Waals surface area contributed by atoms with Gasteiger partial charge in [0.1, 0.15) is 11.5 Å². The van der Waals surface area contributed by atoms with Gasteiger partial charge in [-0.1, -0.05) is 12.1 Å². The Hall–Kier alpha value is -1.35. The molecule has 0 saturated heterocycles. The Morgan fingerprint density at radius 2 is 2.11 bits per heavy atom. The number of aryl methyl sites for hydroxylation is 1. The van der Waals surface area contributed by atoms with Crippen LogP contribution in [0.2, 0.25) is 0 Å². The molecule has 0 saturated carbocycles. The molecule has 0 amide bonds. The molecule has 100 valence electrons. The molecule has 0 radical (unpaired) electrons. The lowest BCUT2D eigenvalue weighted by molar-refractivity contribution is -0.116. The topological polar surface area (TPSA) is 38.3 Å². The molecule has 0 heterocycles. The number of ketones is 1. The molecule has 1 aromatic carbocycles. The van der Waals surface area contributed by atoms with Crippen LogP contribution in [0.15, 0.2) is 18.2 Å². The molecule has 0 aliphatic carbocycles. The third-order valence-electron chi connectivity index (χ3n) is 2.78. The van der Waals surface area contributed by atoms with E-state index in [9.17, 15) is 4.79 Å². The number of hydrogen-bond donors (Lipinski definition) is 1. The number of nitrogens with one attached hydrogen (secondary N) is 1. The summed E-state index contributed by atoms with van der Waals surface area (Å²) >= 11 is 0. The van der Waals surface area contributed by atoms with E-state index in [0.29, 0.717) is 13.0 Å². The summed E-state index contributed by atoms with van der Waals surface area (Å²) in [7, 11) is 0. The van der Waals surface area contributed by atoms with Gasteiger partial charge < -0.3 is 10.1 Å². The van der Waals surface area contributed by atoms with Gasteiger partial charge in [0.2, 0.25) is 0 Å². The van der Waals surface area contributed by atoms with Crippen LogP contribution in [0.1, 0.15) is 31.4 Å². The maximum atomic E-state index is 10.8. The highest BCUT2D eigenvalue weighted by atomic mass is 16.5. The maximum Gasteiger partial charge on any atom is 0.131 e. The molecule has 0 fully saturated rings. The van der Waals surface area contributed by atoms with Gasteiger partial charge in [-0.15, -0.1) is 0 Å². The van der Waals surface area contributed by atoms with Crippen LogP contribution in [0.4, 0.5) is 0 Å². The van der Waals surface area contributed by atoms with E-state index in [1.165, 1.54) is 11.1 Å². The lowest BCUT2D eigenvalue weighted by Gasteiger charge is -2.09. The van der Waals surface area contributed by atoms with Crippen molar-refractivity contribution in [3.8, 4) is 5.75 Å². The maximum absolute atomic E-state index is 10.8. The number of benzene rings is 1. The second kappa shape index (κ2) is 7.88. The second-order valence-electron chi connectivity index (χ2n) is 4.48. The number of hydrogen-bond acceptors (Lipinski definition) is 3. The van der Waals surface area contributed by atoms with Crippen molar-refractivity contribution in [3.05, 3.63) is 29.3 Å². The molecular formula is C15H23NO2. The number of rotatable bonds is 8. The molecule has 0 bridgehead atoms. The summed E-state index contributed by atoms with van der Waals surface area (Å²) in [5.74, 6) is 1.20. The molecule has 0 spiro atoms. The van der Waals surface area contributed by atoms with Crippen LogP contribution in [0.5, 0.6) is 5.75 Å². The van der Waals surface area contributed by atoms with Crippen molar-refractivity contribution in [3.63, 3.8) is 0 Å². The molecule has 0 aliphatic rings. The SMILES string of the molecule is CCOc1ccc(CCNCCC(C)=O)cc1C. The molecule has 3 heteroatoms. The van der Waals surface area contributed by atoms with Crippen molar-refractivity contribution >= 4 is 5.78 Å². The van der Waals surface area contributed by atoms with Crippen LogP contribution >= 0.6 is 0 Å². The van der Waals surface area contributed by atoms with Gasteiger partial charge in [-0.05, 0) is 50.9 Å². The minimum atomic E-state index is 0.236. The molecular weight excluding hydrogens is 226 g/mol. The average molecular weight is 249 g/mol. The number of Topliss-reactive ketones (excluding diaryl/α,β-unsaturated/α-hetero) is 1. The zero-order valence-electron chi connectivity index (χ0n) is 11.6. The standard InChI is InChI=1S/C15H23NO2/c1-4-18-15-6-5-14(11-12(15)2)8-10-16-9-7-13(3)17/h5-6,11,16H,4,7-10H2,1-3H3. The molecule has 1 aromatic rings. The summed E-state index contributed by atoms with van der Waals surface area (Å²) in [4.78, 5) is 10.8. The largest absolute Gasteiger partial charge is 0.494 e. The predicted molar refractivity (Wildman–Crippen MR) is 74.2 cm³/mol. The van der Waals surface area contributed by atoms with E-state index in [4.69, 9.17) is 4.74 Å². The zero-order chi connectivity index (χ0) is 13.4. The molecule has 1 N–H and O–H groups in total. The van der Waals surface area contributed by atoms with Crippen LogP contribution in [0.3, 0.4) is 0 Å². The van der Waals surface area contributed by atoms with Gasteiger partial charge in [0, 0.05) is 13.0 Å². The third kappa shape index (κ3) is 5.32. The van der Waals surface area contributed by atoms with Crippen LogP contribution in [0.25, 0.3) is 0 Å². The highest BCUT2D eigenvalue weighted by Gasteiger charge is 2.00. The minimum Gasteiger partial charge on any atom is -0.494 e. The molecule has 3 nitrogen and oxygen atoms in total. The number of carbonyl (C=O) groups is 1. The fraction of sp³-hybridized carbons (Fsp3) is 0.533. The van der Waals surface area contributed by atoms with Gasteiger partial charge in [0.15, 0.2) is 0 Å². The lowest BCUT2D eigenvalue weighted by atomic mass is 10.1. The van der Waals surface area contributed by atoms with E-state index in [0.717, 1.165) is 25.3 Å². The van der Waals surface area contributed by atoms with Gasteiger partial charge in [0.25, 0.3) is 0 Å². The van der Waals surface area contributed by atoms with E-state index in [2.05, 4.69) is 24.4 Å². The Labute approximate surface area is 110 Å². The van der Waals surface area contributed by atoms with E-state index in [-0.39, 0.29) is 5.78 Å². The fourth-order valence-electron chi connectivity index (χ4n) is 1.81. The molecule has 1 rings (SSSR count). The quantitative estimate of drug-likeness (QED) is 0.719. The molecule has 0 unspecified atom stereocenters. The van der Waals surface area contributed by atoms with Gasteiger partial charge in [-0.2, -0.15) is 0 Å². The highest BCUT2D eigenvalue weighted by Crippen LogP contribution is 2.19. The Bertz CT molecular complexity index is 388. The summed E-state index contributed by atoms with van der Waals surface area (Å²) in [6.45, 7) is 8.06. The fourth-order valence-corrected chi connectivity index (χ4v) is 1.81. The van der Waals surface area contributed by atoms with Gasteiger partial charge in [-0.25, -0.2) is 0 Å². The summed E-state index contributed by atoms with van der Waals surface area (Å²) in [6.07, 6.45) is 1.59. The first-order chi connectivity index (χ1) is 8.63. The Balaban J connectivity index is 2.34. The Morgan fingerprint density at radius 1 is 1.33 bits per heavy atom. The van der Waals surface area contributed by atoms with Gasteiger partial charge in [0.05, 0.1) is 6.61 Å². The van der Waals surface area contributed by atoms with Crippen LogP contribution in [0, 0.1) is 6.92 Å². The number of ether oxygens (including phenoxy) is 1. The molecule has 0 aliphatic heterocycles. The summed E-state index contributed by atoms with van der Waals surface area (Å²) in [6, 6.07) is 6.30. The minimum absolute atomic E-state index is 0.236. The Morgan fingerprint density at radius 3 is 2.72 bits per heavy atom. The van der Waals surface area contributed by atoms with E-state index >= 15 is 0 Å². The van der Waals surface area contributed by atoms with E-state index in [1.54, 1.807) is 6.92 Å². The van der Waals surface area contributed by atoms with Gasteiger partial charge >= 0.3 is 0 Å². The van der Waals surface area contributed by atoms with Gasteiger partial charge in [-0.3, -0.25) is 4.79 Å². The highest BCUT2D eigenvalue weighted by molar-refractivity contribution is 5.75. The zero-order valence-corrected chi connectivity index (χ0v) is 11.6.